The van der Waals surface area contributed by atoms with Gasteiger partial charge in [-0.3, -0.25) is 4.98 Å². The number of nitrogens with two attached hydrogens (primary N) is 1. The van der Waals surface area contributed by atoms with Gasteiger partial charge >= 0.3 is 6.03 Å². The molecular formula is C20H26N4O. The van der Waals surface area contributed by atoms with Crippen LogP contribution in [0, 0.1) is 6.92 Å². The second-order valence-corrected chi connectivity index (χ2v) is 6.83. The number of anilines is 1. The molecule has 0 unspecified atom stereocenters. The van der Waals surface area contributed by atoms with Gasteiger partial charge in [-0.1, -0.05) is 24.6 Å². The molecule has 0 spiro atoms. The molecule has 2 amide bonds. The van der Waals surface area contributed by atoms with Crippen LogP contribution < -0.4 is 16.4 Å². The van der Waals surface area contributed by atoms with Crippen LogP contribution in [-0.4, -0.2) is 17.1 Å². The number of carbonyl (C=O) groups is 1. The minimum absolute atomic E-state index is 0.458. The number of primary amides is 1. The Labute approximate surface area is 149 Å². The van der Waals surface area contributed by atoms with Crippen molar-refractivity contribution in [1.82, 2.24) is 10.3 Å². The molecule has 1 aromatic carbocycles. The molecule has 0 bridgehead atoms. The summed E-state index contributed by atoms with van der Waals surface area (Å²) in [5.74, 6) is 0.534. The highest BCUT2D eigenvalue weighted by atomic mass is 16.2. The second kappa shape index (κ2) is 8.01. The maximum Gasteiger partial charge on any atom is 0.312 e. The van der Waals surface area contributed by atoms with Crippen LogP contribution in [0.5, 0.6) is 0 Å². The summed E-state index contributed by atoms with van der Waals surface area (Å²) in [7, 11) is 0. The Bertz CT molecular complexity index is 714. The Hall–Kier alpha value is -2.56. The highest BCUT2D eigenvalue weighted by Crippen LogP contribution is 2.34. The Balaban J connectivity index is 1.59. The van der Waals surface area contributed by atoms with Crippen LogP contribution in [0.2, 0.25) is 0 Å². The summed E-state index contributed by atoms with van der Waals surface area (Å²) < 4.78 is 0. The van der Waals surface area contributed by atoms with E-state index in [1.54, 1.807) is 0 Å². The third-order valence-electron chi connectivity index (χ3n) is 4.90. The lowest BCUT2D eigenvalue weighted by Gasteiger charge is -2.31. The Morgan fingerprint density at radius 2 is 2.04 bits per heavy atom. The molecule has 1 aliphatic carbocycles. The van der Waals surface area contributed by atoms with Crippen LogP contribution in [0.1, 0.15) is 48.4 Å². The highest BCUT2D eigenvalue weighted by Gasteiger charge is 2.25. The summed E-state index contributed by atoms with van der Waals surface area (Å²) in [6.07, 6.45) is 6.64. The number of hydrogen-bond donors (Lipinski definition) is 3. The lowest BCUT2D eigenvalue weighted by molar-refractivity contribution is 0.248. The van der Waals surface area contributed by atoms with Crippen LogP contribution in [0.25, 0.3) is 0 Å². The molecule has 1 aromatic heterocycles. The molecule has 0 saturated heterocycles. The largest absolute Gasteiger partial charge is 0.382 e. The Morgan fingerprint density at radius 3 is 2.76 bits per heavy atom. The van der Waals surface area contributed by atoms with Gasteiger partial charge in [-0.05, 0) is 55.5 Å². The Morgan fingerprint density at radius 1 is 1.24 bits per heavy atom. The quantitative estimate of drug-likeness (QED) is 0.778. The zero-order valence-electron chi connectivity index (χ0n) is 14.7. The van der Waals surface area contributed by atoms with Crippen molar-refractivity contribution in [2.75, 3.05) is 5.32 Å². The zero-order chi connectivity index (χ0) is 17.6. The van der Waals surface area contributed by atoms with Gasteiger partial charge in [0.15, 0.2) is 0 Å². The van der Waals surface area contributed by atoms with E-state index in [-0.39, 0.29) is 0 Å². The number of urea groups is 1. The molecule has 2 atom stereocenters. The molecule has 1 heterocycles. The van der Waals surface area contributed by atoms with Crippen LogP contribution in [0.15, 0.2) is 42.6 Å². The van der Waals surface area contributed by atoms with Crippen molar-refractivity contribution >= 4 is 11.7 Å². The molecule has 1 aliphatic rings. The van der Waals surface area contributed by atoms with Gasteiger partial charge in [0.2, 0.25) is 0 Å². The third-order valence-corrected chi connectivity index (χ3v) is 4.90. The number of aromatic nitrogens is 1. The van der Waals surface area contributed by atoms with E-state index in [1.807, 2.05) is 24.4 Å². The number of amides is 2. The summed E-state index contributed by atoms with van der Waals surface area (Å²) in [4.78, 5) is 15.4. The standard InChI is InChI=1S/C20H26N4O/c1-14-4-3-11-22-19(14)16-5-2-6-18(12-16)24-17-9-7-15(8-10-17)13-23-20(21)25/h3-4,7-11,16,18,24H,2,5-6,12-13H2,1H3,(H3,21,23,25)/t16-,18-/m0/s1. The molecule has 5 heteroatoms. The van der Waals surface area contributed by atoms with Crippen molar-refractivity contribution in [1.29, 1.82) is 0 Å². The molecule has 1 saturated carbocycles. The van der Waals surface area contributed by atoms with Crippen LogP contribution in [0.3, 0.4) is 0 Å². The molecular weight excluding hydrogens is 312 g/mol. The van der Waals surface area contributed by atoms with E-state index in [0.717, 1.165) is 17.7 Å². The molecule has 2 aromatic rings. The van der Waals surface area contributed by atoms with Crippen molar-refractivity contribution in [2.45, 2.75) is 51.1 Å². The number of rotatable bonds is 5. The van der Waals surface area contributed by atoms with Gasteiger partial charge in [-0.15, -0.1) is 0 Å². The van der Waals surface area contributed by atoms with E-state index >= 15 is 0 Å². The fraction of sp³-hybridized carbons (Fsp3) is 0.400. The van der Waals surface area contributed by atoms with Gasteiger partial charge in [-0.2, -0.15) is 0 Å². The van der Waals surface area contributed by atoms with E-state index in [2.05, 4.69) is 40.7 Å². The van der Waals surface area contributed by atoms with E-state index in [1.165, 1.54) is 30.5 Å². The number of nitrogens with one attached hydrogen (secondary N) is 2. The van der Waals surface area contributed by atoms with E-state index < -0.39 is 6.03 Å². The summed E-state index contributed by atoms with van der Waals surface area (Å²) >= 11 is 0. The number of nitrogens with zero attached hydrogens (tertiary/aromatic N) is 1. The number of carbonyl (C=O) groups excluding carboxylic acids is 1. The normalized spacial score (nSPS) is 20.0. The van der Waals surface area contributed by atoms with Gasteiger partial charge in [0.1, 0.15) is 0 Å². The minimum Gasteiger partial charge on any atom is -0.382 e. The van der Waals surface area contributed by atoms with Crippen molar-refractivity contribution in [3.05, 3.63) is 59.4 Å². The number of hydrogen-bond acceptors (Lipinski definition) is 3. The van der Waals surface area contributed by atoms with Gasteiger partial charge in [0.25, 0.3) is 0 Å². The molecule has 4 N–H and O–H groups in total. The maximum absolute atomic E-state index is 10.8. The van der Waals surface area contributed by atoms with Gasteiger partial charge in [0, 0.05) is 36.1 Å². The minimum atomic E-state index is -0.500. The fourth-order valence-corrected chi connectivity index (χ4v) is 3.64. The maximum atomic E-state index is 10.8. The number of pyridine rings is 1. The van der Waals surface area contributed by atoms with Crippen molar-refractivity contribution in [2.24, 2.45) is 5.73 Å². The van der Waals surface area contributed by atoms with E-state index in [9.17, 15) is 4.79 Å². The van der Waals surface area contributed by atoms with E-state index in [0.29, 0.717) is 18.5 Å². The highest BCUT2D eigenvalue weighted by molar-refractivity contribution is 5.71. The third kappa shape index (κ3) is 4.72. The first kappa shape index (κ1) is 17.3. The number of benzene rings is 1. The van der Waals surface area contributed by atoms with Crippen LogP contribution in [0.4, 0.5) is 10.5 Å². The van der Waals surface area contributed by atoms with Crippen molar-refractivity contribution in [3.8, 4) is 0 Å². The summed E-state index contributed by atoms with van der Waals surface area (Å²) in [6.45, 7) is 2.61. The summed E-state index contributed by atoms with van der Waals surface area (Å²) in [6, 6.07) is 12.3. The average molecular weight is 338 g/mol. The lowest BCUT2D eigenvalue weighted by atomic mass is 9.82. The molecule has 25 heavy (non-hydrogen) atoms. The lowest BCUT2D eigenvalue weighted by Crippen LogP contribution is -2.28. The fourth-order valence-electron chi connectivity index (χ4n) is 3.64. The molecule has 0 radical (unpaired) electrons. The first-order valence-corrected chi connectivity index (χ1v) is 8.92. The molecule has 5 nitrogen and oxygen atoms in total. The van der Waals surface area contributed by atoms with E-state index in [4.69, 9.17) is 5.73 Å². The van der Waals surface area contributed by atoms with Gasteiger partial charge in [-0.25, -0.2) is 4.79 Å². The molecule has 1 fully saturated rings. The predicted octanol–water partition coefficient (Wildman–Crippen LogP) is 3.70. The SMILES string of the molecule is Cc1cccnc1[C@H]1CCC[C@H](Nc2ccc(CNC(N)=O)cc2)C1. The van der Waals surface area contributed by atoms with Crippen LogP contribution >= 0.6 is 0 Å². The summed E-state index contributed by atoms with van der Waals surface area (Å²) in [5.41, 5.74) is 9.79. The smallest absolute Gasteiger partial charge is 0.312 e. The zero-order valence-corrected chi connectivity index (χ0v) is 14.7. The average Bonchev–Trinajstić information content (AvgIpc) is 2.62. The van der Waals surface area contributed by atoms with Crippen molar-refractivity contribution in [3.63, 3.8) is 0 Å². The van der Waals surface area contributed by atoms with Gasteiger partial charge in [0.05, 0.1) is 0 Å². The monoisotopic (exact) mass is 338 g/mol. The molecule has 3 rings (SSSR count). The second-order valence-electron chi connectivity index (χ2n) is 6.83. The summed E-state index contributed by atoms with van der Waals surface area (Å²) in [5, 5.41) is 6.26. The first-order valence-electron chi connectivity index (χ1n) is 8.92. The predicted molar refractivity (Wildman–Crippen MR) is 100 cm³/mol. The first-order chi connectivity index (χ1) is 12.1. The Kier molecular flexibility index (Phi) is 5.53. The molecule has 132 valence electrons. The van der Waals surface area contributed by atoms with Gasteiger partial charge < -0.3 is 16.4 Å². The molecule has 0 aliphatic heterocycles. The number of aryl methyl sites for hydroxylation is 1. The van der Waals surface area contributed by atoms with Crippen LogP contribution in [-0.2, 0) is 6.54 Å². The van der Waals surface area contributed by atoms with Crippen molar-refractivity contribution < 1.29 is 4.79 Å². The topological polar surface area (TPSA) is 80.0 Å².